The Hall–Kier alpha value is -1.05. The average molecular weight is 505 g/mol. The summed E-state index contributed by atoms with van der Waals surface area (Å²) in [5.41, 5.74) is 0. The highest BCUT2D eigenvalue weighted by molar-refractivity contribution is 5.69. The van der Waals surface area contributed by atoms with Crippen molar-refractivity contribution in [3.05, 3.63) is 24.3 Å². The van der Waals surface area contributed by atoms with Gasteiger partial charge in [-0.15, -0.1) is 0 Å². The molecule has 0 saturated heterocycles. The second-order valence-corrected chi connectivity index (χ2v) is 10.9. The van der Waals surface area contributed by atoms with Gasteiger partial charge in [-0.05, 0) is 57.3 Å². The SMILES string of the molecule is CCCCC/C=C\C/C=C\CCCCCCCC(=O)OCC(CCCCCC)CCCCCCCC. The first kappa shape index (κ1) is 35.0. The zero-order valence-electron chi connectivity index (χ0n) is 24.9. The molecule has 36 heavy (non-hydrogen) atoms. The summed E-state index contributed by atoms with van der Waals surface area (Å²) in [5.74, 6) is 0.601. The molecule has 0 aromatic carbocycles. The topological polar surface area (TPSA) is 26.3 Å². The number of hydrogen-bond donors (Lipinski definition) is 0. The molecule has 212 valence electrons. The van der Waals surface area contributed by atoms with E-state index in [-0.39, 0.29) is 5.97 Å². The first-order valence-corrected chi connectivity index (χ1v) is 16.2. The lowest BCUT2D eigenvalue weighted by Crippen LogP contribution is -2.14. The maximum absolute atomic E-state index is 12.3. The normalized spacial score (nSPS) is 12.6. The molecule has 0 N–H and O–H groups in total. The molecule has 2 heteroatoms. The van der Waals surface area contributed by atoms with Crippen LogP contribution in [0.1, 0.15) is 175 Å². The lowest BCUT2D eigenvalue weighted by molar-refractivity contribution is -0.145. The summed E-state index contributed by atoms with van der Waals surface area (Å²) in [6.07, 6.45) is 39.0. The maximum Gasteiger partial charge on any atom is 0.305 e. The Kier molecular flexibility index (Phi) is 29.3. The van der Waals surface area contributed by atoms with E-state index in [2.05, 4.69) is 45.1 Å². The van der Waals surface area contributed by atoms with E-state index in [1.807, 2.05) is 0 Å². The van der Waals surface area contributed by atoms with Gasteiger partial charge in [0, 0.05) is 6.42 Å². The monoisotopic (exact) mass is 504 g/mol. The number of carbonyl (C=O) groups excluding carboxylic acids is 1. The fourth-order valence-corrected chi connectivity index (χ4v) is 4.75. The Morgan fingerprint density at radius 2 is 1.00 bits per heavy atom. The van der Waals surface area contributed by atoms with Crippen molar-refractivity contribution in [1.82, 2.24) is 0 Å². The standard InChI is InChI=1S/C34H64O2/c1-4-7-10-13-15-16-17-18-19-20-21-22-23-25-28-31-34(35)36-32-33(29-26-12-9-6-3)30-27-24-14-11-8-5-2/h15-16,18-19,33H,4-14,17,20-32H2,1-3H3/b16-15-,19-18-. The fourth-order valence-electron chi connectivity index (χ4n) is 4.75. The van der Waals surface area contributed by atoms with Crippen LogP contribution in [0.4, 0.5) is 0 Å². The van der Waals surface area contributed by atoms with Gasteiger partial charge in [-0.1, -0.05) is 141 Å². The maximum atomic E-state index is 12.3. The van der Waals surface area contributed by atoms with Gasteiger partial charge < -0.3 is 4.74 Å². The number of esters is 1. The largest absolute Gasteiger partial charge is 0.465 e. The summed E-state index contributed by atoms with van der Waals surface area (Å²) >= 11 is 0. The van der Waals surface area contributed by atoms with Gasteiger partial charge in [-0.25, -0.2) is 0 Å². The molecule has 0 bridgehead atoms. The van der Waals surface area contributed by atoms with Gasteiger partial charge in [0.25, 0.3) is 0 Å². The second-order valence-electron chi connectivity index (χ2n) is 10.9. The first-order valence-electron chi connectivity index (χ1n) is 16.2. The van der Waals surface area contributed by atoms with Crippen LogP contribution in [0, 0.1) is 5.92 Å². The molecule has 0 aliphatic rings. The van der Waals surface area contributed by atoms with E-state index in [0.29, 0.717) is 18.9 Å². The van der Waals surface area contributed by atoms with Crippen LogP contribution in [0.3, 0.4) is 0 Å². The summed E-state index contributed by atoms with van der Waals surface area (Å²) in [6, 6.07) is 0. The van der Waals surface area contributed by atoms with Crippen LogP contribution in [0.25, 0.3) is 0 Å². The second kappa shape index (κ2) is 30.2. The zero-order chi connectivity index (χ0) is 26.4. The Balaban J connectivity index is 3.77. The molecular weight excluding hydrogens is 440 g/mol. The molecule has 0 aliphatic heterocycles. The van der Waals surface area contributed by atoms with Gasteiger partial charge in [0.1, 0.15) is 0 Å². The summed E-state index contributed by atoms with van der Waals surface area (Å²) in [6.45, 7) is 7.45. The van der Waals surface area contributed by atoms with E-state index in [4.69, 9.17) is 4.74 Å². The van der Waals surface area contributed by atoms with Crippen LogP contribution < -0.4 is 0 Å². The van der Waals surface area contributed by atoms with E-state index >= 15 is 0 Å². The molecule has 0 aromatic rings. The number of hydrogen-bond acceptors (Lipinski definition) is 2. The van der Waals surface area contributed by atoms with Crippen LogP contribution >= 0.6 is 0 Å². The summed E-state index contributed by atoms with van der Waals surface area (Å²) in [7, 11) is 0. The van der Waals surface area contributed by atoms with Gasteiger partial charge >= 0.3 is 5.97 Å². The third-order valence-electron chi connectivity index (χ3n) is 7.24. The van der Waals surface area contributed by atoms with Crippen LogP contribution in [0.15, 0.2) is 24.3 Å². The Morgan fingerprint density at radius 1 is 0.556 bits per heavy atom. The molecule has 0 spiro atoms. The van der Waals surface area contributed by atoms with Crippen LogP contribution in [0.5, 0.6) is 0 Å². The molecule has 1 atom stereocenters. The highest BCUT2D eigenvalue weighted by Gasteiger charge is 2.12. The van der Waals surface area contributed by atoms with Crippen LogP contribution in [0.2, 0.25) is 0 Å². The molecule has 0 amide bonds. The number of allylic oxidation sites excluding steroid dienone is 4. The average Bonchev–Trinajstić information content (AvgIpc) is 2.88. The first-order chi connectivity index (χ1) is 17.7. The molecule has 0 aromatic heterocycles. The van der Waals surface area contributed by atoms with Gasteiger partial charge in [0.15, 0.2) is 0 Å². The van der Waals surface area contributed by atoms with Crippen LogP contribution in [-0.4, -0.2) is 12.6 Å². The zero-order valence-corrected chi connectivity index (χ0v) is 24.9. The van der Waals surface area contributed by atoms with Gasteiger partial charge in [-0.2, -0.15) is 0 Å². The van der Waals surface area contributed by atoms with E-state index in [1.54, 1.807) is 0 Å². The van der Waals surface area contributed by atoms with Crippen molar-refractivity contribution in [3.63, 3.8) is 0 Å². The number of carbonyl (C=O) groups is 1. The molecule has 0 rings (SSSR count). The van der Waals surface area contributed by atoms with Crippen LogP contribution in [-0.2, 0) is 9.53 Å². The van der Waals surface area contributed by atoms with Crippen molar-refractivity contribution >= 4 is 5.97 Å². The highest BCUT2D eigenvalue weighted by Crippen LogP contribution is 2.20. The van der Waals surface area contributed by atoms with Gasteiger partial charge in [0.05, 0.1) is 6.61 Å². The molecular formula is C34H64O2. The van der Waals surface area contributed by atoms with E-state index in [1.165, 1.54) is 128 Å². The van der Waals surface area contributed by atoms with Gasteiger partial charge in [0.2, 0.25) is 0 Å². The molecule has 2 nitrogen and oxygen atoms in total. The Morgan fingerprint density at radius 3 is 1.61 bits per heavy atom. The van der Waals surface area contributed by atoms with E-state index < -0.39 is 0 Å². The summed E-state index contributed by atoms with van der Waals surface area (Å²) in [4.78, 5) is 12.3. The van der Waals surface area contributed by atoms with E-state index in [9.17, 15) is 4.79 Å². The van der Waals surface area contributed by atoms with Crippen molar-refractivity contribution in [2.75, 3.05) is 6.61 Å². The molecule has 0 fully saturated rings. The predicted molar refractivity (Wildman–Crippen MR) is 161 cm³/mol. The summed E-state index contributed by atoms with van der Waals surface area (Å²) in [5, 5.41) is 0. The van der Waals surface area contributed by atoms with Crippen molar-refractivity contribution in [2.45, 2.75) is 175 Å². The Bertz CT molecular complexity index is 493. The minimum absolute atomic E-state index is 0.0298. The number of ether oxygens (including phenoxy) is 1. The Labute approximate surface area is 227 Å². The third kappa shape index (κ3) is 27.5. The molecule has 1 unspecified atom stereocenters. The lowest BCUT2D eigenvalue weighted by Gasteiger charge is -2.17. The van der Waals surface area contributed by atoms with E-state index in [0.717, 1.165) is 19.3 Å². The quantitative estimate of drug-likeness (QED) is 0.0601. The predicted octanol–water partition coefficient (Wildman–Crippen LogP) is 11.7. The molecule has 0 aliphatic carbocycles. The van der Waals surface area contributed by atoms with Crippen molar-refractivity contribution in [2.24, 2.45) is 5.92 Å². The molecule has 0 radical (unpaired) electrons. The number of unbranched alkanes of at least 4 members (excludes halogenated alkanes) is 16. The molecule has 0 heterocycles. The fraction of sp³-hybridized carbons (Fsp3) is 0.853. The van der Waals surface area contributed by atoms with Gasteiger partial charge in [-0.3, -0.25) is 4.79 Å². The molecule has 0 saturated carbocycles. The minimum atomic E-state index is 0.0298. The number of rotatable bonds is 28. The third-order valence-corrected chi connectivity index (χ3v) is 7.24. The summed E-state index contributed by atoms with van der Waals surface area (Å²) < 4.78 is 5.72. The van der Waals surface area contributed by atoms with Crippen molar-refractivity contribution in [3.8, 4) is 0 Å². The van der Waals surface area contributed by atoms with Crippen molar-refractivity contribution in [1.29, 1.82) is 0 Å². The lowest BCUT2D eigenvalue weighted by atomic mass is 9.95. The highest BCUT2D eigenvalue weighted by atomic mass is 16.5. The smallest absolute Gasteiger partial charge is 0.305 e. The van der Waals surface area contributed by atoms with Crippen molar-refractivity contribution < 1.29 is 9.53 Å². The minimum Gasteiger partial charge on any atom is -0.465 e.